The number of fused-ring (bicyclic) bond motifs is 1. The molecule has 1 aromatic heterocycles. The third kappa shape index (κ3) is 4.85. The normalized spacial score (nSPS) is 15.2. The summed E-state index contributed by atoms with van der Waals surface area (Å²) in [5.41, 5.74) is 2.30. The van der Waals surface area contributed by atoms with Crippen molar-refractivity contribution in [2.75, 3.05) is 32.1 Å². The van der Waals surface area contributed by atoms with E-state index in [1.165, 1.54) is 17.3 Å². The first-order valence-electron chi connectivity index (χ1n) is 10.8. The van der Waals surface area contributed by atoms with Gasteiger partial charge in [-0.2, -0.15) is 0 Å². The number of nitrogens with zero attached hydrogens (tertiary/aromatic N) is 3. The number of hydrogen-bond donors (Lipinski definition) is 0. The molecule has 4 rings (SSSR count). The topological polar surface area (TPSA) is 64.4 Å². The van der Waals surface area contributed by atoms with Gasteiger partial charge >= 0.3 is 0 Å². The van der Waals surface area contributed by atoms with E-state index in [0.29, 0.717) is 53.3 Å². The minimum Gasteiger partial charge on any atom is -0.378 e. The standard InChI is InChI=1S/C24H26ClN3O3S/c1-3-16(2)17-4-7-19(8-5-17)28-23(30)20-14-18(25)6-9-21(20)26-24(28)32-15-22(29)27-10-12-31-13-11-27/h4-9,14,16H,3,10-13,15H2,1-2H3. The van der Waals surface area contributed by atoms with Crippen LogP contribution < -0.4 is 5.56 Å². The van der Waals surface area contributed by atoms with Gasteiger partial charge in [-0.05, 0) is 48.2 Å². The maximum atomic E-state index is 13.5. The summed E-state index contributed by atoms with van der Waals surface area (Å²) in [6, 6.07) is 13.1. The predicted molar refractivity (Wildman–Crippen MR) is 129 cm³/mol. The van der Waals surface area contributed by atoms with E-state index < -0.39 is 0 Å². The van der Waals surface area contributed by atoms with Crippen LogP contribution in [0.4, 0.5) is 0 Å². The zero-order valence-electron chi connectivity index (χ0n) is 18.2. The molecule has 0 spiro atoms. The molecule has 3 aromatic rings. The monoisotopic (exact) mass is 471 g/mol. The van der Waals surface area contributed by atoms with Crippen molar-refractivity contribution in [2.24, 2.45) is 0 Å². The average molecular weight is 472 g/mol. The molecule has 1 atom stereocenters. The number of ether oxygens (including phenoxy) is 1. The second-order valence-electron chi connectivity index (χ2n) is 7.88. The van der Waals surface area contributed by atoms with Crippen LogP contribution in [0.25, 0.3) is 16.6 Å². The van der Waals surface area contributed by atoms with Crippen LogP contribution in [-0.4, -0.2) is 52.4 Å². The minimum atomic E-state index is -0.199. The highest BCUT2D eigenvalue weighted by Gasteiger charge is 2.20. The number of rotatable bonds is 6. The van der Waals surface area contributed by atoms with Crippen molar-refractivity contribution in [1.82, 2.24) is 14.5 Å². The van der Waals surface area contributed by atoms with E-state index in [9.17, 15) is 9.59 Å². The zero-order chi connectivity index (χ0) is 22.7. The van der Waals surface area contributed by atoms with E-state index in [1.54, 1.807) is 27.7 Å². The zero-order valence-corrected chi connectivity index (χ0v) is 19.8. The van der Waals surface area contributed by atoms with E-state index in [2.05, 4.69) is 13.8 Å². The molecule has 1 aliphatic rings. The van der Waals surface area contributed by atoms with Crippen molar-refractivity contribution in [3.8, 4) is 5.69 Å². The number of benzene rings is 2. The Balaban J connectivity index is 1.72. The molecule has 0 aliphatic carbocycles. The molecule has 0 bridgehead atoms. The van der Waals surface area contributed by atoms with Gasteiger partial charge in [0.1, 0.15) is 0 Å². The van der Waals surface area contributed by atoms with Gasteiger partial charge in [0.25, 0.3) is 5.56 Å². The van der Waals surface area contributed by atoms with E-state index in [4.69, 9.17) is 21.3 Å². The average Bonchev–Trinajstić information content (AvgIpc) is 2.83. The molecule has 6 nitrogen and oxygen atoms in total. The van der Waals surface area contributed by atoms with Gasteiger partial charge in [0.15, 0.2) is 5.16 Å². The number of hydrogen-bond acceptors (Lipinski definition) is 5. The first kappa shape index (κ1) is 22.8. The molecule has 0 radical (unpaired) electrons. The fourth-order valence-electron chi connectivity index (χ4n) is 3.68. The van der Waals surface area contributed by atoms with Gasteiger partial charge in [-0.3, -0.25) is 14.2 Å². The van der Waals surface area contributed by atoms with Crippen LogP contribution in [0.3, 0.4) is 0 Å². The van der Waals surface area contributed by atoms with Crippen molar-refractivity contribution < 1.29 is 9.53 Å². The highest BCUT2D eigenvalue weighted by atomic mass is 35.5. The lowest BCUT2D eigenvalue weighted by Crippen LogP contribution is -2.41. The molecule has 8 heteroatoms. The van der Waals surface area contributed by atoms with Gasteiger partial charge < -0.3 is 9.64 Å². The number of morpholine rings is 1. The highest BCUT2D eigenvalue weighted by molar-refractivity contribution is 7.99. The Kier molecular flexibility index (Phi) is 7.18. The third-order valence-electron chi connectivity index (χ3n) is 5.82. The van der Waals surface area contributed by atoms with Gasteiger partial charge in [0, 0.05) is 18.1 Å². The second kappa shape index (κ2) is 10.1. The molecule has 1 aliphatic heterocycles. The maximum Gasteiger partial charge on any atom is 0.266 e. The summed E-state index contributed by atoms with van der Waals surface area (Å²) in [7, 11) is 0. The summed E-state index contributed by atoms with van der Waals surface area (Å²) in [5, 5.41) is 1.42. The fourth-order valence-corrected chi connectivity index (χ4v) is 4.77. The molecule has 168 valence electrons. The number of carbonyl (C=O) groups is 1. The van der Waals surface area contributed by atoms with E-state index in [-0.39, 0.29) is 17.2 Å². The van der Waals surface area contributed by atoms with Crippen molar-refractivity contribution in [2.45, 2.75) is 31.3 Å². The lowest BCUT2D eigenvalue weighted by atomic mass is 9.98. The lowest BCUT2D eigenvalue weighted by molar-refractivity contribution is -0.132. The number of carbonyl (C=O) groups excluding carboxylic acids is 1. The molecule has 0 N–H and O–H groups in total. The van der Waals surface area contributed by atoms with Gasteiger partial charge in [-0.1, -0.05) is 49.3 Å². The Morgan fingerprint density at radius 1 is 1.19 bits per heavy atom. The van der Waals surface area contributed by atoms with Crippen LogP contribution >= 0.6 is 23.4 Å². The summed E-state index contributed by atoms with van der Waals surface area (Å²) in [6.45, 7) is 6.62. The molecule has 1 amide bonds. The number of halogens is 1. The molecule has 2 aromatic carbocycles. The molecule has 2 heterocycles. The Morgan fingerprint density at radius 2 is 1.91 bits per heavy atom. The smallest absolute Gasteiger partial charge is 0.266 e. The highest BCUT2D eigenvalue weighted by Crippen LogP contribution is 2.25. The largest absolute Gasteiger partial charge is 0.378 e. The molecule has 1 saturated heterocycles. The molecule has 1 fully saturated rings. The van der Waals surface area contributed by atoms with Crippen molar-refractivity contribution in [1.29, 1.82) is 0 Å². The van der Waals surface area contributed by atoms with E-state index in [1.807, 2.05) is 24.3 Å². The van der Waals surface area contributed by atoms with Crippen molar-refractivity contribution in [3.05, 3.63) is 63.4 Å². The maximum absolute atomic E-state index is 13.5. The quantitative estimate of drug-likeness (QED) is 0.391. The number of amides is 1. The van der Waals surface area contributed by atoms with Crippen LogP contribution in [0.15, 0.2) is 52.4 Å². The van der Waals surface area contributed by atoms with Crippen LogP contribution in [-0.2, 0) is 9.53 Å². The van der Waals surface area contributed by atoms with Gasteiger partial charge in [0.2, 0.25) is 5.91 Å². The molecule has 32 heavy (non-hydrogen) atoms. The first-order valence-corrected chi connectivity index (χ1v) is 12.1. The van der Waals surface area contributed by atoms with Gasteiger partial charge in [0.05, 0.1) is 35.6 Å². The Labute approximate surface area is 196 Å². The summed E-state index contributed by atoms with van der Waals surface area (Å²) in [4.78, 5) is 32.7. The van der Waals surface area contributed by atoms with Crippen LogP contribution in [0, 0.1) is 0 Å². The Hall–Kier alpha value is -2.35. The van der Waals surface area contributed by atoms with Crippen LogP contribution in [0.1, 0.15) is 31.7 Å². The first-order chi connectivity index (χ1) is 15.5. The molecular formula is C24H26ClN3O3S. The van der Waals surface area contributed by atoms with E-state index >= 15 is 0 Å². The fraction of sp³-hybridized carbons (Fsp3) is 0.375. The van der Waals surface area contributed by atoms with Gasteiger partial charge in [-0.25, -0.2) is 4.98 Å². The summed E-state index contributed by atoms with van der Waals surface area (Å²) in [6.07, 6.45) is 1.04. The molecule has 0 saturated carbocycles. The minimum absolute atomic E-state index is 0.0161. The molecule has 1 unspecified atom stereocenters. The Morgan fingerprint density at radius 3 is 2.59 bits per heavy atom. The predicted octanol–water partition coefficient (Wildman–Crippen LogP) is 4.50. The van der Waals surface area contributed by atoms with Crippen molar-refractivity contribution >= 4 is 40.2 Å². The summed E-state index contributed by atoms with van der Waals surface area (Å²) >= 11 is 7.43. The molecular weight excluding hydrogens is 446 g/mol. The number of aromatic nitrogens is 2. The second-order valence-corrected chi connectivity index (χ2v) is 9.26. The Bertz CT molecular complexity index is 1170. The van der Waals surface area contributed by atoms with Crippen LogP contribution in [0.2, 0.25) is 5.02 Å². The SMILES string of the molecule is CCC(C)c1ccc(-n2c(SCC(=O)N3CCOCC3)nc3ccc(Cl)cc3c2=O)cc1. The van der Waals surface area contributed by atoms with E-state index in [0.717, 1.165) is 12.1 Å². The lowest BCUT2D eigenvalue weighted by Gasteiger charge is -2.26. The van der Waals surface area contributed by atoms with Gasteiger partial charge in [-0.15, -0.1) is 0 Å². The summed E-state index contributed by atoms with van der Waals surface area (Å²) in [5.74, 6) is 0.660. The number of thioether (sulfide) groups is 1. The van der Waals surface area contributed by atoms with Crippen molar-refractivity contribution in [3.63, 3.8) is 0 Å². The summed E-state index contributed by atoms with van der Waals surface area (Å²) < 4.78 is 6.91. The van der Waals surface area contributed by atoms with Crippen LogP contribution in [0.5, 0.6) is 0 Å². The third-order valence-corrected chi connectivity index (χ3v) is 6.98.